The highest BCUT2D eigenvalue weighted by Gasteiger charge is 2.40. The molecule has 2 aliphatic heterocycles. The molecule has 0 unspecified atom stereocenters. The molecule has 4 rings (SSSR count). The predicted molar refractivity (Wildman–Crippen MR) is 96.1 cm³/mol. The van der Waals surface area contributed by atoms with Crippen LogP contribution < -0.4 is 15.5 Å². The third kappa shape index (κ3) is 2.98. The van der Waals surface area contributed by atoms with Gasteiger partial charge in [0.05, 0.1) is 28.7 Å². The summed E-state index contributed by atoms with van der Waals surface area (Å²) in [6.07, 6.45) is -1.26. The van der Waals surface area contributed by atoms with Gasteiger partial charge in [-0.1, -0.05) is 0 Å². The van der Waals surface area contributed by atoms with E-state index >= 15 is 0 Å². The fraction of sp³-hybridized carbons (Fsp3) is 0.368. The van der Waals surface area contributed by atoms with E-state index < -0.39 is 11.7 Å². The zero-order valence-electron chi connectivity index (χ0n) is 14.6. The molecule has 1 aromatic heterocycles. The van der Waals surface area contributed by atoms with Crippen LogP contribution in [0, 0.1) is 11.3 Å². The minimum atomic E-state index is -4.49. The van der Waals surface area contributed by atoms with Crippen LogP contribution in [0.2, 0.25) is 0 Å². The van der Waals surface area contributed by atoms with Crippen molar-refractivity contribution in [1.82, 2.24) is 10.3 Å². The zero-order valence-corrected chi connectivity index (χ0v) is 14.6. The third-order valence-corrected chi connectivity index (χ3v) is 5.36. The van der Waals surface area contributed by atoms with Crippen LogP contribution >= 0.6 is 0 Å². The Bertz CT molecular complexity index is 919. The summed E-state index contributed by atoms with van der Waals surface area (Å²) in [5.41, 5.74) is 1.88. The molecule has 2 aromatic rings. The highest BCUT2D eigenvalue weighted by molar-refractivity contribution is 5.77. The Hall–Kier alpha value is -2.79. The van der Waals surface area contributed by atoms with Gasteiger partial charge in [0.1, 0.15) is 6.07 Å². The van der Waals surface area contributed by atoms with Crippen molar-refractivity contribution in [1.29, 1.82) is 5.26 Å². The van der Waals surface area contributed by atoms with Gasteiger partial charge in [-0.05, 0) is 36.7 Å². The Kier molecular flexibility index (Phi) is 4.19. The molecule has 2 atom stereocenters. The maximum Gasteiger partial charge on any atom is 0.418 e. The Balaban J connectivity index is 1.76. The van der Waals surface area contributed by atoms with Crippen molar-refractivity contribution in [2.45, 2.75) is 24.6 Å². The number of halogens is 3. The molecule has 27 heavy (non-hydrogen) atoms. The number of nitrogens with zero attached hydrogens (tertiary/aromatic N) is 3. The van der Waals surface area contributed by atoms with Gasteiger partial charge in [-0.3, -0.25) is 4.98 Å². The van der Waals surface area contributed by atoms with Crippen molar-refractivity contribution in [2.75, 3.05) is 30.4 Å². The van der Waals surface area contributed by atoms with Gasteiger partial charge in [0.15, 0.2) is 0 Å². The summed E-state index contributed by atoms with van der Waals surface area (Å²) in [6.45, 7) is 1.70. The maximum absolute atomic E-state index is 13.3. The minimum absolute atomic E-state index is 0.126. The largest absolute Gasteiger partial charge is 0.418 e. The summed E-state index contributed by atoms with van der Waals surface area (Å²) in [6, 6.07) is 6.90. The standard InChI is InChI=1S/C19H18F3N5/c1-27-17-3-5-24-9-14(17)13-7-12(6-11(8-23)18(13)27)26-16-10-25-4-2-15(16)19(20,21)22/h2,4,6-7,10,14,17,24,26H,3,5,9H2,1H3/t14-,17-/m0/s1. The Morgan fingerprint density at radius 2 is 2.19 bits per heavy atom. The van der Waals surface area contributed by atoms with E-state index in [2.05, 4.69) is 26.6 Å². The number of hydrogen-bond donors (Lipinski definition) is 2. The summed E-state index contributed by atoms with van der Waals surface area (Å²) >= 11 is 0. The second kappa shape index (κ2) is 6.43. The van der Waals surface area contributed by atoms with Gasteiger partial charge < -0.3 is 15.5 Å². The molecule has 1 aromatic carbocycles. The Morgan fingerprint density at radius 1 is 1.37 bits per heavy atom. The van der Waals surface area contributed by atoms with E-state index in [4.69, 9.17) is 0 Å². The number of anilines is 3. The second-order valence-electron chi connectivity index (χ2n) is 6.90. The average Bonchev–Trinajstić information content (AvgIpc) is 2.94. The lowest BCUT2D eigenvalue weighted by atomic mass is 9.89. The molecule has 0 spiro atoms. The highest BCUT2D eigenvalue weighted by Crippen LogP contribution is 2.46. The number of pyridine rings is 1. The molecule has 5 nitrogen and oxygen atoms in total. The molecule has 1 saturated heterocycles. The molecule has 3 heterocycles. The number of nitriles is 1. The second-order valence-corrected chi connectivity index (χ2v) is 6.90. The third-order valence-electron chi connectivity index (χ3n) is 5.36. The molecule has 140 valence electrons. The van der Waals surface area contributed by atoms with Crippen LogP contribution in [0.1, 0.15) is 29.0 Å². The van der Waals surface area contributed by atoms with E-state index in [1.807, 2.05) is 13.1 Å². The van der Waals surface area contributed by atoms with Gasteiger partial charge in [0.25, 0.3) is 0 Å². The fourth-order valence-corrected chi connectivity index (χ4v) is 4.18. The van der Waals surface area contributed by atoms with Crippen molar-refractivity contribution >= 4 is 17.1 Å². The molecule has 0 radical (unpaired) electrons. The smallest absolute Gasteiger partial charge is 0.370 e. The van der Waals surface area contributed by atoms with Crippen LogP contribution in [-0.4, -0.2) is 31.2 Å². The number of nitrogens with one attached hydrogen (secondary N) is 2. The molecule has 2 aliphatic rings. The van der Waals surface area contributed by atoms with Crippen LogP contribution in [0.4, 0.5) is 30.2 Å². The van der Waals surface area contributed by atoms with E-state index in [9.17, 15) is 18.4 Å². The molecule has 8 heteroatoms. The monoisotopic (exact) mass is 373 g/mol. The fourth-order valence-electron chi connectivity index (χ4n) is 4.18. The lowest BCUT2D eigenvalue weighted by molar-refractivity contribution is -0.137. The molecule has 2 N–H and O–H groups in total. The number of piperidine rings is 1. The topological polar surface area (TPSA) is 64.0 Å². The van der Waals surface area contributed by atoms with Gasteiger partial charge >= 0.3 is 6.18 Å². The van der Waals surface area contributed by atoms with Crippen molar-refractivity contribution in [2.24, 2.45) is 0 Å². The molecule has 0 saturated carbocycles. The average molecular weight is 373 g/mol. The number of aromatic nitrogens is 1. The van der Waals surface area contributed by atoms with Gasteiger partial charge in [-0.15, -0.1) is 0 Å². The van der Waals surface area contributed by atoms with Crippen molar-refractivity contribution in [3.63, 3.8) is 0 Å². The number of rotatable bonds is 2. The van der Waals surface area contributed by atoms with Gasteiger partial charge in [0.2, 0.25) is 0 Å². The quantitative estimate of drug-likeness (QED) is 0.842. The summed E-state index contributed by atoms with van der Waals surface area (Å²) in [4.78, 5) is 5.94. The van der Waals surface area contributed by atoms with Gasteiger partial charge in [0, 0.05) is 37.4 Å². The molecule has 0 amide bonds. The number of fused-ring (bicyclic) bond motifs is 3. The molecule has 0 aliphatic carbocycles. The van der Waals surface area contributed by atoms with Crippen LogP contribution in [0.25, 0.3) is 0 Å². The first-order valence-electron chi connectivity index (χ1n) is 8.70. The first-order chi connectivity index (χ1) is 12.9. The van der Waals surface area contributed by atoms with E-state index in [-0.39, 0.29) is 11.6 Å². The van der Waals surface area contributed by atoms with Gasteiger partial charge in [-0.25, -0.2) is 0 Å². The summed E-state index contributed by atoms with van der Waals surface area (Å²) in [7, 11) is 1.98. The van der Waals surface area contributed by atoms with E-state index in [1.54, 1.807) is 6.07 Å². The van der Waals surface area contributed by atoms with E-state index in [1.165, 1.54) is 0 Å². The highest BCUT2D eigenvalue weighted by atomic mass is 19.4. The molecular weight excluding hydrogens is 355 g/mol. The minimum Gasteiger partial charge on any atom is -0.370 e. The van der Waals surface area contributed by atoms with E-state index in [0.29, 0.717) is 17.3 Å². The van der Waals surface area contributed by atoms with Crippen molar-refractivity contribution < 1.29 is 13.2 Å². The zero-order chi connectivity index (χ0) is 19.2. The van der Waals surface area contributed by atoms with Crippen molar-refractivity contribution in [3.05, 3.63) is 47.3 Å². The normalized spacial score (nSPS) is 21.4. The van der Waals surface area contributed by atoms with E-state index in [0.717, 1.165) is 49.2 Å². The number of alkyl halides is 3. The molecule has 1 fully saturated rings. The van der Waals surface area contributed by atoms with Crippen LogP contribution in [0.5, 0.6) is 0 Å². The Labute approximate surface area is 154 Å². The van der Waals surface area contributed by atoms with Crippen LogP contribution in [-0.2, 0) is 6.18 Å². The lowest BCUT2D eigenvalue weighted by Crippen LogP contribution is -2.42. The number of hydrogen-bond acceptors (Lipinski definition) is 5. The maximum atomic E-state index is 13.3. The number of benzene rings is 1. The van der Waals surface area contributed by atoms with Crippen LogP contribution in [0.3, 0.4) is 0 Å². The summed E-state index contributed by atoms with van der Waals surface area (Å²) < 4.78 is 39.8. The van der Waals surface area contributed by atoms with Gasteiger partial charge in [-0.2, -0.15) is 18.4 Å². The number of likely N-dealkylation sites (N-methyl/N-ethyl adjacent to an activating group) is 1. The summed E-state index contributed by atoms with van der Waals surface area (Å²) in [5, 5.41) is 15.8. The predicted octanol–water partition coefficient (Wildman–Crippen LogP) is 3.61. The van der Waals surface area contributed by atoms with Crippen molar-refractivity contribution in [3.8, 4) is 6.07 Å². The lowest BCUT2D eigenvalue weighted by Gasteiger charge is -2.31. The SMILES string of the molecule is CN1c2c(C#N)cc(Nc3cnccc3C(F)(F)F)cc2[C@@H]2CNCC[C@@H]21. The molecule has 0 bridgehead atoms. The summed E-state index contributed by atoms with van der Waals surface area (Å²) in [5.74, 6) is 0.212. The van der Waals surface area contributed by atoms with Crippen LogP contribution in [0.15, 0.2) is 30.6 Å². The Morgan fingerprint density at radius 3 is 2.93 bits per heavy atom. The molecular formula is C19H18F3N5. The first-order valence-corrected chi connectivity index (χ1v) is 8.70. The first kappa shape index (κ1) is 17.6.